The van der Waals surface area contributed by atoms with E-state index in [1.807, 2.05) is 0 Å². The summed E-state index contributed by atoms with van der Waals surface area (Å²) in [6.45, 7) is 6.40. The van der Waals surface area contributed by atoms with E-state index >= 15 is 0 Å². The van der Waals surface area contributed by atoms with Crippen LogP contribution >= 0.6 is 0 Å². The van der Waals surface area contributed by atoms with Gasteiger partial charge in [0.1, 0.15) is 5.78 Å². The fourth-order valence-corrected chi connectivity index (χ4v) is 3.36. The maximum atomic E-state index is 12.2. The van der Waals surface area contributed by atoms with Gasteiger partial charge in [-0.05, 0) is 32.1 Å². The average molecular weight is 223 g/mol. The Balaban J connectivity index is 1.82. The van der Waals surface area contributed by atoms with Gasteiger partial charge in [-0.1, -0.05) is 26.2 Å². The molecule has 2 heteroatoms. The van der Waals surface area contributed by atoms with Crippen LogP contribution in [0.15, 0.2) is 0 Å². The van der Waals surface area contributed by atoms with E-state index in [1.54, 1.807) is 0 Å². The van der Waals surface area contributed by atoms with Crippen molar-refractivity contribution in [2.45, 2.75) is 58.4 Å². The molecule has 92 valence electrons. The van der Waals surface area contributed by atoms with Crippen molar-refractivity contribution in [3.63, 3.8) is 0 Å². The Bertz CT molecular complexity index is 245. The number of rotatable bonds is 3. The Morgan fingerprint density at radius 1 is 1.19 bits per heavy atom. The largest absolute Gasteiger partial charge is 0.298 e. The first-order valence-electron chi connectivity index (χ1n) is 6.93. The number of hydrogen-bond acceptors (Lipinski definition) is 2. The molecule has 2 rings (SSSR count). The standard InChI is InChI=1S/C14H25NO/c1-11-8-12(2)15(9-11)10-14(16)13-6-4-3-5-7-13/h11-13H,3-10H2,1-2H3. The first kappa shape index (κ1) is 12.1. The van der Waals surface area contributed by atoms with Crippen LogP contribution in [-0.2, 0) is 4.79 Å². The molecule has 1 saturated heterocycles. The van der Waals surface area contributed by atoms with Gasteiger partial charge in [0.15, 0.2) is 0 Å². The summed E-state index contributed by atoms with van der Waals surface area (Å²) >= 11 is 0. The summed E-state index contributed by atoms with van der Waals surface area (Å²) in [5, 5.41) is 0. The monoisotopic (exact) mass is 223 g/mol. The molecule has 1 aliphatic heterocycles. The Morgan fingerprint density at radius 2 is 1.88 bits per heavy atom. The molecule has 16 heavy (non-hydrogen) atoms. The van der Waals surface area contributed by atoms with Gasteiger partial charge in [0.05, 0.1) is 6.54 Å². The fourth-order valence-electron chi connectivity index (χ4n) is 3.36. The Kier molecular flexibility index (Phi) is 4.01. The highest BCUT2D eigenvalue weighted by molar-refractivity contribution is 5.83. The number of carbonyl (C=O) groups excluding carboxylic acids is 1. The molecular weight excluding hydrogens is 198 g/mol. The van der Waals surface area contributed by atoms with Crippen molar-refractivity contribution in [2.75, 3.05) is 13.1 Å². The molecule has 2 atom stereocenters. The Morgan fingerprint density at radius 3 is 2.44 bits per heavy atom. The lowest BCUT2D eigenvalue weighted by atomic mass is 9.86. The van der Waals surface area contributed by atoms with E-state index in [0.29, 0.717) is 17.7 Å². The van der Waals surface area contributed by atoms with Gasteiger partial charge in [-0.3, -0.25) is 9.69 Å². The summed E-state index contributed by atoms with van der Waals surface area (Å²) in [5.74, 6) is 1.67. The van der Waals surface area contributed by atoms with E-state index in [-0.39, 0.29) is 0 Å². The van der Waals surface area contributed by atoms with Crippen molar-refractivity contribution < 1.29 is 4.79 Å². The van der Waals surface area contributed by atoms with Crippen LogP contribution in [0.4, 0.5) is 0 Å². The summed E-state index contributed by atoms with van der Waals surface area (Å²) in [6, 6.07) is 0.613. The lowest BCUT2D eigenvalue weighted by Gasteiger charge is -2.25. The lowest BCUT2D eigenvalue weighted by Crippen LogP contribution is -2.36. The van der Waals surface area contributed by atoms with E-state index in [0.717, 1.165) is 31.8 Å². The van der Waals surface area contributed by atoms with Crippen LogP contribution in [0.2, 0.25) is 0 Å². The van der Waals surface area contributed by atoms with Gasteiger partial charge in [-0.25, -0.2) is 0 Å². The minimum Gasteiger partial charge on any atom is -0.298 e. The highest BCUT2D eigenvalue weighted by Gasteiger charge is 2.30. The molecule has 1 aliphatic carbocycles. The van der Waals surface area contributed by atoms with E-state index in [9.17, 15) is 4.79 Å². The third kappa shape index (κ3) is 2.85. The molecule has 1 heterocycles. The molecular formula is C14H25NO. The number of carbonyl (C=O) groups is 1. The lowest BCUT2D eigenvalue weighted by molar-refractivity contribution is -0.125. The van der Waals surface area contributed by atoms with Crippen LogP contribution in [-0.4, -0.2) is 29.8 Å². The van der Waals surface area contributed by atoms with Crippen LogP contribution < -0.4 is 0 Å². The fraction of sp³-hybridized carbons (Fsp3) is 0.929. The van der Waals surface area contributed by atoms with Gasteiger partial charge in [0.2, 0.25) is 0 Å². The summed E-state index contributed by atoms with van der Waals surface area (Å²) in [7, 11) is 0. The van der Waals surface area contributed by atoms with Crippen LogP contribution in [0.5, 0.6) is 0 Å². The molecule has 0 aromatic carbocycles. The molecule has 0 aromatic rings. The number of hydrogen-bond donors (Lipinski definition) is 0. The minimum atomic E-state index is 0.386. The van der Waals surface area contributed by atoms with Crippen molar-refractivity contribution in [1.29, 1.82) is 0 Å². The van der Waals surface area contributed by atoms with Crippen molar-refractivity contribution in [1.82, 2.24) is 4.90 Å². The predicted molar refractivity (Wildman–Crippen MR) is 66.4 cm³/mol. The normalized spacial score (nSPS) is 33.1. The average Bonchev–Trinajstić information content (AvgIpc) is 2.59. The maximum Gasteiger partial charge on any atom is 0.149 e. The summed E-state index contributed by atoms with van der Waals surface area (Å²) < 4.78 is 0. The first-order valence-corrected chi connectivity index (χ1v) is 6.93. The van der Waals surface area contributed by atoms with Crippen LogP contribution in [0, 0.1) is 11.8 Å². The van der Waals surface area contributed by atoms with Gasteiger partial charge in [0.25, 0.3) is 0 Å². The van der Waals surface area contributed by atoms with Crippen molar-refractivity contribution in [3.8, 4) is 0 Å². The molecule has 0 amide bonds. The Hall–Kier alpha value is -0.370. The second kappa shape index (κ2) is 5.31. The topological polar surface area (TPSA) is 20.3 Å². The van der Waals surface area contributed by atoms with Crippen molar-refractivity contribution in [3.05, 3.63) is 0 Å². The maximum absolute atomic E-state index is 12.2. The zero-order chi connectivity index (χ0) is 11.5. The molecule has 0 aromatic heterocycles. The molecule has 0 radical (unpaired) electrons. The summed E-state index contributed by atoms with van der Waals surface area (Å²) in [5.41, 5.74) is 0. The van der Waals surface area contributed by atoms with Crippen LogP contribution in [0.25, 0.3) is 0 Å². The van der Waals surface area contributed by atoms with Gasteiger partial charge in [-0.2, -0.15) is 0 Å². The van der Waals surface area contributed by atoms with Gasteiger partial charge < -0.3 is 0 Å². The number of likely N-dealkylation sites (tertiary alicyclic amines) is 1. The molecule has 2 nitrogen and oxygen atoms in total. The predicted octanol–water partition coefficient (Wildman–Crippen LogP) is 2.87. The molecule has 2 fully saturated rings. The number of ketones is 1. The van der Waals surface area contributed by atoms with Crippen molar-refractivity contribution >= 4 is 5.78 Å². The van der Waals surface area contributed by atoms with Crippen LogP contribution in [0.1, 0.15) is 52.4 Å². The molecule has 1 saturated carbocycles. The van der Waals surface area contributed by atoms with Gasteiger partial charge >= 0.3 is 0 Å². The highest BCUT2D eigenvalue weighted by Crippen LogP contribution is 2.27. The SMILES string of the molecule is CC1CC(C)N(CC(=O)C2CCCCC2)C1. The number of nitrogens with zero attached hydrogens (tertiary/aromatic N) is 1. The zero-order valence-corrected chi connectivity index (χ0v) is 10.7. The summed E-state index contributed by atoms with van der Waals surface area (Å²) in [6.07, 6.45) is 7.43. The molecule has 2 unspecified atom stereocenters. The molecule has 0 spiro atoms. The molecule has 0 bridgehead atoms. The smallest absolute Gasteiger partial charge is 0.149 e. The summed E-state index contributed by atoms with van der Waals surface area (Å²) in [4.78, 5) is 14.6. The number of Topliss-reactive ketones (excluding diaryl/α,β-unsaturated/α-hetero) is 1. The molecule has 2 aliphatic rings. The van der Waals surface area contributed by atoms with E-state index in [2.05, 4.69) is 18.7 Å². The second-order valence-corrected chi connectivity index (χ2v) is 5.92. The zero-order valence-electron chi connectivity index (χ0n) is 10.7. The van der Waals surface area contributed by atoms with Crippen molar-refractivity contribution in [2.24, 2.45) is 11.8 Å². The first-order chi connectivity index (χ1) is 7.66. The van der Waals surface area contributed by atoms with Gasteiger partial charge in [-0.15, -0.1) is 0 Å². The van der Waals surface area contributed by atoms with E-state index in [1.165, 1.54) is 25.7 Å². The second-order valence-electron chi connectivity index (χ2n) is 5.92. The van der Waals surface area contributed by atoms with Gasteiger partial charge in [0, 0.05) is 18.5 Å². The third-order valence-corrected chi connectivity index (χ3v) is 4.33. The molecule has 0 N–H and O–H groups in total. The minimum absolute atomic E-state index is 0.386. The Labute approximate surface area is 99.4 Å². The third-order valence-electron chi connectivity index (χ3n) is 4.33. The van der Waals surface area contributed by atoms with E-state index < -0.39 is 0 Å². The quantitative estimate of drug-likeness (QED) is 0.733. The highest BCUT2D eigenvalue weighted by atomic mass is 16.1. The van der Waals surface area contributed by atoms with E-state index in [4.69, 9.17) is 0 Å². The van der Waals surface area contributed by atoms with Crippen LogP contribution in [0.3, 0.4) is 0 Å².